The zero-order chi connectivity index (χ0) is 29.7. The second-order valence-corrected chi connectivity index (χ2v) is 16.0. The predicted molar refractivity (Wildman–Crippen MR) is 187 cm³/mol. The van der Waals surface area contributed by atoms with Crippen molar-refractivity contribution >= 4 is 91.9 Å². The predicted octanol–water partition coefficient (Wildman–Crippen LogP) is 7.45. The second-order valence-electron chi connectivity index (χ2n) is 11.4. The SMILES string of the molecule is Cn1c2ccc(-c3cc4ccccc4[se]3)cc2c(=O)c2cc3c(cc21)c(=O)c1cc(-c2cc4ccccc4[se]2)ccc1n3C. The first-order chi connectivity index (χ1) is 21.4. The molecule has 0 aliphatic rings. The van der Waals surface area contributed by atoms with Gasteiger partial charge >= 0.3 is 265 Å². The molecular formula is C38H24N2O2Se2. The summed E-state index contributed by atoms with van der Waals surface area (Å²) in [7, 11) is 3.97. The van der Waals surface area contributed by atoms with Gasteiger partial charge in [0.05, 0.1) is 0 Å². The van der Waals surface area contributed by atoms with E-state index < -0.39 is 0 Å². The Labute approximate surface area is 263 Å². The average Bonchev–Trinajstić information content (AvgIpc) is 3.70. The van der Waals surface area contributed by atoms with Crippen LogP contribution in [0.15, 0.2) is 119 Å². The molecule has 210 valence electrons. The fourth-order valence-electron chi connectivity index (χ4n) is 6.62. The first kappa shape index (κ1) is 26.0. The zero-order valence-electron chi connectivity index (χ0n) is 23.9. The van der Waals surface area contributed by atoms with Crippen molar-refractivity contribution in [2.45, 2.75) is 0 Å². The molecule has 0 amide bonds. The van der Waals surface area contributed by atoms with Crippen LogP contribution in [-0.2, 0) is 14.1 Å². The number of aromatic nitrogens is 2. The normalized spacial score (nSPS) is 12.0. The third kappa shape index (κ3) is 3.76. The molecule has 0 unspecified atom stereocenters. The molecule has 4 aromatic heterocycles. The quantitative estimate of drug-likeness (QED) is 0.139. The number of aryl methyl sites for hydroxylation is 2. The number of nitrogens with zero attached hydrogens (tertiary/aromatic N) is 2. The van der Waals surface area contributed by atoms with Crippen LogP contribution in [0.5, 0.6) is 0 Å². The van der Waals surface area contributed by atoms with E-state index in [4.69, 9.17) is 0 Å². The van der Waals surface area contributed by atoms with E-state index in [1.165, 1.54) is 28.2 Å². The molecule has 44 heavy (non-hydrogen) atoms. The van der Waals surface area contributed by atoms with Gasteiger partial charge in [0.1, 0.15) is 0 Å². The van der Waals surface area contributed by atoms with Gasteiger partial charge in [-0.25, -0.2) is 0 Å². The van der Waals surface area contributed by atoms with E-state index >= 15 is 0 Å². The van der Waals surface area contributed by atoms with Crippen molar-refractivity contribution in [2.75, 3.05) is 0 Å². The van der Waals surface area contributed by atoms with Crippen molar-refractivity contribution in [2.24, 2.45) is 14.1 Å². The van der Waals surface area contributed by atoms with E-state index in [0.29, 0.717) is 21.5 Å². The molecule has 9 aromatic rings. The molecule has 0 radical (unpaired) electrons. The van der Waals surface area contributed by atoms with Crippen LogP contribution in [0.3, 0.4) is 0 Å². The zero-order valence-corrected chi connectivity index (χ0v) is 27.3. The van der Waals surface area contributed by atoms with Gasteiger partial charge in [-0.2, -0.15) is 0 Å². The van der Waals surface area contributed by atoms with E-state index in [1.54, 1.807) is 0 Å². The fraction of sp³-hybridized carbons (Fsp3) is 0.0526. The van der Waals surface area contributed by atoms with Gasteiger partial charge in [0, 0.05) is 0 Å². The van der Waals surface area contributed by atoms with E-state index in [1.807, 2.05) is 26.2 Å². The Kier molecular flexibility index (Phi) is 5.63. The first-order valence-electron chi connectivity index (χ1n) is 14.5. The van der Waals surface area contributed by atoms with Gasteiger partial charge in [-0.3, -0.25) is 0 Å². The Balaban J connectivity index is 1.27. The molecule has 0 spiro atoms. The molecule has 0 fully saturated rings. The fourth-order valence-corrected chi connectivity index (χ4v) is 11.1. The van der Waals surface area contributed by atoms with Gasteiger partial charge in [-0.05, 0) is 0 Å². The number of fused-ring (bicyclic) bond motifs is 6. The Hall–Kier alpha value is -4.44. The molecule has 9 rings (SSSR count). The van der Waals surface area contributed by atoms with Crippen LogP contribution in [0, 0.1) is 0 Å². The number of pyridine rings is 2. The van der Waals surface area contributed by atoms with Crippen LogP contribution in [0.2, 0.25) is 0 Å². The first-order valence-corrected chi connectivity index (χ1v) is 17.9. The van der Waals surface area contributed by atoms with Gasteiger partial charge in [-0.1, -0.05) is 0 Å². The van der Waals surface area contributed by atoms with Crippen molar-refractivity contribution in [1.82, 2.24) is 9.13 Å². The van der Waals surface area contributed by atoms with E-state index in [9.17, 15) is 9.59 Å². The monoisotopic (exact) mass is 700 g/mol. The summed E-state index contributed by atoms with van der Waals surface area (Å²) in [5.41, 5.74) is 5.46. The number of hydrogen-bond donors (Lipinski definition) is 0. The Morgan fingerprint density at radius 1 is 0.455 bits per heavy atom. The third-order valence-corrected chi connectivity index (χ3v) is 13.8. The molecule has 4 nitrogen and oxygen atoms in total. The summed E-state index contributed by atoms with van der Waals surface area (Å²) in [4.78, 5) is 28.2. The Bertz CT molecular complexity index is 2540. The Morgan fingerprint density at radius 3 is 1.30 bits per heavy atom. The molecule has 0 saturated carbocycles. The summed E-state index contributed by atoms with van der Waals surface area (Å²) in [5, 5.41) is 5.20. The standard InChI is InChI=1S/C38H24N2O2Se2/c1-39-29-13-11-23(35-17-21-7-3-5-9-33(21)43-35)15-25(29)37(41)27-20-32-28(19-31(27)39)38(42)26-16-24(12-14-30(26)40(32)2)36-18-22-8-4-6-10-34(22)44-36/h3-20H,1-2H3. The van der Waals surface area contributed by atoms with Crippen LogP contribution in [0.1, 0.15) is 0 Å². The molecular weight excluding hydrogens is 674 g/mol. The van der Waals surface area contributed by atoms with E-state index in [-0.39, 0.29) is 39.9 Å². The Morgan fingerprint density at radius 2 is 0.864 bits per heavy atom. The molecule has 0 N–H and O–H groups in total. The third-order valence-electron chi connectivity index (χ3n) is 8.95. The maximum atomic E-state index is 14.1. The van der Waals surface area contributed by atoms with Crippen molar-refractivity contribution in [3.05, 3.63) is 130 Å². The summed E-state index contributed by atoms with van der Waals surface area (Å²) >= 11 is 0.419. The second kappa shape index (κ2) is 9.53. The summed E-state index contributed by atoms with van der Waals surface area (Å²) in [6.07, 6.45) is 0. The van der Waals surface area contributed by atoms with Gasteiger partial charge in [-0.15, -0.1) is 0 Å². The van der Waals surface area contributed by atoms with Gasteiger partial charge in [0.25, 0.3) is 0 Å². The van der Waals surface area contributed by atoms with Gasteiger partial charge < -0.3 is 0 Å². The maximum absolute atomic E-state index is 14.1. The van der Waals surface area contributed by atoms with E-state index in [0.717, 1.165) is 33.2 Å². The van der Waals surface area contributed by atoms with Crippen molar-refractivity contribution < 1.29 is 0 Å². The molecule has 5 aromatic carbocycles. The van der Waals surface area contributed by atoms with E-state index in [2.05, 4.69) is 106 Å². The van der Waals surface area contributed by atoms with Crippen LogP contribution < -0.4 is 10.9 Å². The number of benzene rings is 5. The summed E-state index contributed by atoms with van der Waals surface area (Å²) in [6.45, 7) is 0. The number of rotatable bonds is 2. The summed E-state index contributed by atoms with van der Waals surface area (Å²) in [6, 6.07) is 37.8. The molecule has 0 atom stereocenters. The van der Waals surface area contributed by atoms with Crippen molar-refractivity contribution in [3.63, 3.8) is 0 Å². The van der Waals surface area contributed by atoms with Gasteiger partial charge in [0.15, 0.2) is 0 Å². The number of hydrogen-bond acceptors (Lipinski definition) is 2. The van der Waals surface area contributed by atoms with Gasteiger partial charge in [0.2, 0.25) is 0 Å². The van der Waals surface area contributed by atoms with Crippen LogP contribution in [-0.4, -0.2) is 38.1 Å². The van der Waals surface area contributed by atoms with Crippen LogP contribution >= 0.6 is 0 Å². The van der Waals surface area contributed by atoms with Crippen LogP contribution in [0.4, 0.5) is 0 Å². The van der Waals surface area contributed by atoms with Crippen molar-refractivity contribution in [3.8, 4) is 20.0 Å². The molecule has 0 aliphatic carbocycles. The van der Waals surface area contributed by atoms with Crippen molar-refractivity contribution in [1.29, 1.82) is 0 Å². The summed E-state index contributed by atoms with van der Waals surface area (Å²) < 4.78 is 9.43. The van der Waals surface area contributed by atoms with Crippen LogP contribution in [0.25, 0.3) is 82.9 Å². The molecule has 6 heteroatoms. The topological polar surface area (TPSA) is 44.0 Å². The minimum absolute atomic E-state index is 0.00155. The average molecular weight is 699 g/mol. The molecule has 0 bridgehead atoms. The summed E-state index contributed by atoms with van der Waals surface area (Å²) in [5.74, 6) is 0. The minimum atomic E-state index is -0.00155. The molecule has 0 saturated heterocycles. The molecule has 0 aliphatic heterocycles. The molecule has 4 heterocycles.